The second kappa shape index (κ2) is 4.26. The van der Waals surface area contributed by atoms with Crippen molar-refractivity contribution in [2.75, 3.05) is 11.9 Å². The van der Waals surface area contributed by atoms with Crippen molar-refractivity contribution in [1.82, 2.24) is 9.55 Å². The van der Waals surface area contributed by atoms with Crippen molar-refractivity contribution in [3.63, 3.8) is 0 Å². The Bertz CT molecular complexity index is 620. The number of aryl methyl sites for hydroxylation is 2. The maximum Gasteiger partial charge on any atom is 0.112 e. The Morgan fingerprint density at radius 1 is 1.21 bits per heavy atom. The van der Waals surface area contributed by atoms with Crippen molar-refractivity contribution in [2.45, 2.75) is 44.4 Å². The zero-order chi connectivity index (χ0) is 12.8. The van der Waals surface area contributed by atoms with Gasteiger partial charge in [0.2, 0.25) is 0 Å². The number of anilines is 1. The van der Waals surface area contributed by atoms with Gasteiger partial charge in [0, 0.05) is 25.2 Å². The first kappa shape index (κ1) is 11.3. The van der Waals surface area contributed by atoms with Crippen molar-refractivity contribution < 1.29 is 0 Å². The number of imidazole rings is 1. The summed E-state index contributed by atoms with van der Waals surface area (Å²) in [5, 5.41) is 3.52. The van der Waals surface area contributed by atoms with Crippen LogP contribution in [0.25, 0.3) is 11.0 Å². The minimum absolute atomic E-state index is 0.683. The molecule has 3 nitrogen and oxygen atoms in total. The van der Waals surface area contributed by atoms with Gasteiger partial charge in [-0.05, 0) is 43.4 Å². The summed E-state index contributed by atoms with van der Waals surface area (Å²) in [7, 11) is 2.18. The number of rotatable bonds is 1. The van der Waals surface area contributed by atoms with E-state index in [0.29, 0.717) is 5.92 Å². The van der Waals surface area contributed by atoms with Gasteiger partial charge in [0.05, 0.1) is 11.0 Å². The smallest absolute Gasteiger partial charge is 0.112 e. The van der Waals surface area contributed by atoms with E-state index in [9.17, 15) is 0 Å². The van der Waals surface area contributed by atoms with Crippen LogP contribution in [0.5, 0.6) is 0 Å². The lowest BCUT2D eigenvalue weighted by atomic mass is 10.0. The van der Waals surface area contributed by atoms with Gasteiger partial charge in [0.1, 0.15) is 5.82 Å². The molecule has 1 N–H and O–H groups in total. The van der Waals surface area contributed by atoms with Crippen LogP contribution >= 0.6 is 0 Å². The topological polar surface area (TPSA) is 29.9 Å². The SMILES string of the molecule is Cn1c(C2CCCC2)nc2cc3c(cc21)NCCC3. The van der Waals surface area contributed by atoms with Crippen LogP contribution in [-0.4, -0.2) is 16.1 Å². The summed E-state index contributed by atoms with van der Waals surface area (Å²) < 4.78 is 2.32. The Hall–Kier alpha value is -1.51. The largest absolute Gasteiger partial charge is 0.385 e. The molecule has 0 spiro atoms. The van der Waals surface area contributed by atoms with Crippen molar-refractivity contribution >= 4 is 16.7 Å². The van der Waals surface area contributed by atoms with Crippen LogP contribution in [0.4, 0.5) is 5.69 Å². The zero-order valence-corrected chi connectivity index (χ0v) is 11.6. The molecule has 1 fully saturated rings. The lowest BCUT2D eigenvalue weighted by Crippen LogP contribution is -2.11. The molecule has 3 heteroatoms. The molecule has 1 aliphatic heterocycles. The van der Waals surface area contributed by atoms with E-state index < -0.39 is 0 Å². The normalized spacial score (nSPS) is 19.6. The molecular formula is C16H21N3. The predicted octanol–water partition coefficient (Wildman–Crippen LogP) is 3.59. The van der Waals surface area contributed by atoms with Gasteiger partial charge in [-0.25, -0.2) is 4.98 Å². The van der Waals surface area contributed by atoms with E-state index >= 15 is 0 Å². The standard InChI is InChI=1S/C16H21N3/c1-19-15-10-13-12(7-4-8-17-13)9-14(15)18-16(19)11-5-2-3-6-11/h9-11,17H,2-8H2,1H3. The summed E-state index contributed by atoms with van der Waals surface area (Å²) >= 11 is 0. The zero-order valence-electron chi connectivity index (χ0n) is 11.6. The van der Waals surface area contributed by atoms with E-state index in [1.54, 1.807) is 0 Å². The highest BCUT2D eigenvalue weighted by Crippen LogP contribution is 2.36. The Kier molecular flexibility index (Phi) is 2.54. The van der Waals surface area contributed by atoms with Crippen LogP contribution in [0.3, 0.4) is 0 Å². The van der Waals surface area contributed by atoms with Gasteiger partial charge < -0.3 is 9.88 Å². The minimum atomic E-state index is 0.683. The maximum absolute atomic E-state index is 4.94. The van der Waals surface area contributed by atoms with E-state index in [2.05, 4.69) is 29.1 Å². The summed E-state index contributed by atoms with van der Waals surface area (Å²) in [6.07, 6.45) is 7.79. The Labute approximate surface area is 114 Å². The molecule has 1 aromatic heterocycles. The van der Waals surface area contributed by atoms with Crippen LogP contribution in [0.15, 0.2) is 12.1 Å². The first-order chi connectivity index (χ1) is 9.33. The number of hydrogen-bond acceptors (Lipinski definition) is 2. The number of aromatic nitrogens is 2. The summed E-state index contributed by atoms with van der Waals surface area (Å²) in [6.45, 7) is 1.10. The van der Waals surface area contributed by atoms with Gasteiger partial charge in [-0.1, -0.05) is 12.8 Å². The lowest BCUT2D eigenvalue weighted by Gasteiger charge is -2.17. The van der Waals surface area contributed by atoms with Crippen LogP contribution < -0.4 is 5.32 Å². The van der Waals surface area contributed by atoms with E-state index in [4.69, 9.17) is 4.98 Å². The Morgan fingerprint density at radius 2 is 2.05 bits per heavy atom. The molecule has 19 heavy (non-hydrogen) atoms. The lowest BCUT2D eigenvalue weighted by molar-refractivity contribution is 0.639. The number of benzene rings is 1. The maximum atomic E-state index is 4.94. The highest BCUT2D eigenvalue weighted by atomic mass is 15.1. The molecule has 1 aromatic carbocycles. The number of fused-ring (bicyclic) bond motifs is 2. The molecule has 100 valence electrons. The van der Waals surface area contributed by atoms with E-state index in [1.165, 1.54) is 66.6 Å². The third-order valence-electron chi connectivity index (χ3n) is 4.80. The summed E-state index contributed by atoms with van der Waals surface area (Å²) in [6, 6.07) is 4.60. The first-order valence-corrected chi connectivity index (χ1v) is 7.56. The molecule has 1 aliphatic carbocycles. The Morgan fingerprint density at radius 3 is 2.89 bits per heavy atom. The van der Waals surface area contributed by atoms with Gasteiger partial charge in [0.15, 0.2) is 0 Å². The van der Waals surface area contributed by atoms with Gasteiger partial charge in [-0.2, -0.15) is 0 Å². The van der Waals surface area contributed by atoms with Gasteiger partial charge in [0.25, 0.3) is 0 Å². The molecule has 0 radical (unpaired) electrons. The summed E-state index contributed by atoms with van der Waals surface area (Å²) in [4.78, 5) is 4.94. The third kappa shape index (κ3) is 1.75. The van der Waals surface area contributed by atoms with Crippen molar-refractivity contribution in [3.8, 4) is 0 Å². The van der Waals surface area contributed by atoms with Crippen LogP contribution in [0.2, 0.25) is 0 Å². The average molecular weight is 255 g/mol. The molecule has 0 atom stereocenters. The second-order valence-electron chi connectivity index (χ2n) is 6.04. The average Bonchev–Trinajstić information content (AvgIpc) is 3.05. The Balaban J connectivity index is 1.86. The van der Waals surface area contributed by atoms with Crippen LogP contribution in [0.1, 0.15) is 49.4 Å². The van der Waals surface area contributed by atoms with Crippen LogP contribution in [0, 0.1) is 0 Å². The van der Waals surface area contributed by atoms with Crippen molar-refractivity contribution in [1.29, 1.82) is 0 Å². The number of nitrogens with one attached hydrogen (secondary N) is 1. The number of hydrogen-bond donors (Lipinski definition) is 1. The summed E-state index contributed by atoms with van der Waals surface area (Å²) in [5.41, 5.74) is 5.23. The highest BCUT2D eigenvalue weighted by molar-refractivity contribution is 5.82. The molecular weight excluding hydrogens is 234 g/mol. The monoisotopic (exact) mass is 255 g/mol. The first-order valence-electron chi connectivity index (χ1n) is 7.56. The fourth-order valence-corrected chi connectivity index (χ4v) is 3.72. The molecule has 0 saturated heterocycles. The van der Waals surface area contributed by atoms with E-state index in [1.807, 2.05) is 0 Å². The van der Waals surface area contributed by atoms with Crippen molar-refractivity contribution in [2.24, 2.45) is 7.05 Å². The van der Waals surface area contributed by atoms with Gasteiger partial charge >= 0.3 is 0 Å². The van der Waals surface area contributed by atoms with Crippen LogP contribution in [-0.2, 0) is 13.5 Å². The van der Waals surface area contributed by atoms with Gasteiger partial charge in [-0.3, -0.25) is 0 Å². The molecule has 1 saturated carbocycles. The number of nitrogens with zero attached hydrogens (tertiary/aromatic N) is 2. The molecule has 0 amide bonds. The fraction of sp³-hybridized carbons (Fsp3) is 0.562. The molecule has 0 unspecified atom stereocenters. The van der Waals surface area contributed by atoms with E-state index in [0.717, 1.165) is 6.54 Å². The minimum Gasteiger partial charge on any atom is -0.385 e. The van der Waals surface area contributed by atoms with Gasteiger partial charge in [-0.15, -0.1) is 0 Å². The molecule has 2 aromatic rings. The van der Waals surface area contributed by atoms with Crippen molar-refractivity contribution in [3.05, 3.63) is 23.5 Å². The quantitative estimate of drug-likeness (QED) is 0.844. The second-order valence-corrected chi connectivity index (χ2v) is 6.04. The van der Waals surface area contributed by atoms with E-state index in [-0.39, 0.29) is 0 Å². The molecule has 2 heterocycles. The predicted molar refractivity (Wildman–Crippen MR) is 78.7 cm³/mol. The molecule has 4 rings (SSSR count). The third-order valence-corrected chi connectivity index (χ3v) is 4.80. The molecule has 0 bridgehead atoms. The summed E-state index contributed by atoms with van der Waals surface area (Å²) in [5.74, 6) is 1.98. The fourth-order valence-electron chi connectivity index (χ4n) is 3.72. The highest BCUT2D eigenvalue weighted by Gasteiger charge is 2.23. The molecule has 2 aliphatic rings.